The fourth-order valence-electron chi connectivity index (χ4n) is 1.65. The summed E-state index contributed by atoms with van der Waals surface area (Å²) in [6.45, 7) is 4.86. The second kappa shape index (κ2) is 4.80. The fraction of sp³-hybridized carbons (Fsp3) is 0.417. The molecule has 2 rings (SSSR count). The summed E-state index contributed by atoms with van der Waals surface area (Å²) in [5, 5.41) is 4.31. The average molecular weight is 236 g/mol. The molecule has 0 fully saturated rings. The highest BCUT2D eigenvalue weighted by molar-refractivity contribution is 7.22. The van der Waals surface area contributed by atoms with Crippen LogP contribution in [0.15, 0.2) is 18.2 Å². The van der Waals surface area contributed by atoms with Gasteiger partial charge in [0.25, 0.3) is 0 Å². The van der Waals surface area contributed by atoms with E-state index < -0.39 is 0 Å². The van der Waals surface area contributed by atoms with E-state index in [1.165, 1.54) is 10.3 Å². The Kier molecular flexibility index (Phi) is 3.41. The predicted molar refractivity (Wildman–Crippen MR) is 69.3 cm³/mol. The highest BCUT2D eigenvalue weighted by atomic mass is 32.1. The van der Waals surface area contributed by atoms with Gasteiger partial charge in [0, 0.05) is 13.2 Å². The molecule has 0 saturated heterocycles. The Labute approximate surface area is 99.5 Å². The molecule has 1 heterocycles. The quantitative estimate of drug-likeness (QED) is 0.886. The molecular formula is C12H16N2OS. The van der Waals surface area contributed by atoms with E-state index in [1.54, 1.807) is 18.4 Å². The summed E-state index contributed by atoms with van der Waals surface area (Å²) in [6, 6.07) is 6.54. The Morgan fingerprint density at radius 1 is 1.50 bits per heavy atom. The lowest BCUT2D eigenvalue weighted by Crippen LogP contribution is -2.20. The number of fused-ring (bicyclic) bond motifs is 1. The van der Waals surface area contributed by atoms with Crippen molar-refractivity contribution in [1.82, 2.24) is 4.98 Å². The van der Waals surface area contributed by atoms with Gasteiger partial charge in [-0.15, -0.1) is 0 Å². The molecule has 16 heavy (non-hydrogen) atoms. The highest BCUT2D eigenvalue weighted by Gasteiger charge is 2.07. The Hall–Kier alpha value is -1.13. The maximum Gasteiger partial charge on any atom is 0.184 e. The number of benzene rings is 1. The molecule has 0 aliphatic heterocycles. The van der Waals surface area contributed by atoms with Gasteiger partial charge in [0.2, 0.25) is 0 Å². The van der Waals surface area contributed by atoms with Crippen molar-refractivity contribution in [2.75, 3.05) is 19.0 Å². The van der Waals surface area contributed by atoms with Crippen molar-refractivity contribution in [3.05, 3.63) is 23.8 Å². The van der Waals surface area contributed by atoms with Gasteiger partial charge in [-0.25, -0.2) is 4.98 Å². The van der Waals surface area contributed by atoms with Crippen molar-refractivity contribution >= 4 is 26.7 Å². The van der Waals surface area contributed by atoms with Gasteiger partial charge in [-0.05, 0) is 25.5 Å². The first-order valence-corrected chi connectivity index (χ1v) is 6.14. The number of para-hydroxylation sites is 1. The van der Waals surface area contributed by atoms with E-state index in [4.69, 9.17) is 4.74 Å². The maximum atomic E-state index is 5.09. The van der Waals surface area contributed by atoms with Gasteiger partial charge in [0.05, 0.1) is 16.8 Å². The van der Waals surface area contributed by atoms with E-state index in [9.17, 15) is 0 Å². The van der Waals surface area contributed by atoms with Gasteiger partial charge in [-0.2, -0.15) is 0 Å². The zero-order chi connectivity index (χ0) is 11.5. The van der Waals surface area contributed by atoms with Gasteiger partial charge < -0.3 is 10.1 Å². The summed E-state index contributed by atoms with van der Waals surface area (Å²) in [5.74, 6) is 0. The third-order valence-corrected chi connectivity index (χ3v) is 3.36. The minimum absolute atomic E-state index is 0.283. The molecule has 0 aliphatic carbocycles. The number of rotatable bonds is 4. The van der Waals surface area contributed by atoms with E-state index >= 15 is 0 Å². The van der Waals surface area contributed by atoms with Crippen LogP contribution in [0.3, 0.4) is 0 Å². The van der Waals surface area contributed by atoms with Gasteiger partial charge in [0.15, 0.2) is 5.13 Å². The van der Waals surface area contributed by atoms with E-state index in [1.807, 2.05) is 0 Å². The van der Waals surface area contributed by atoms with Gasteiger partial charge in [-0.1, -0.05) is 23.5 Å². The molecule has 86 valence electrons. The Morgan fingerprint density at radius 3 is 3.00 bits per heavy atom. The first-order valence-electron chi connectivity index (χ1n) is 5.32. The zero-order valence-electron chi connectivity index (χ0n) is 9.78. The molecule has 4 heteroatoms. The fourth-order valence-corrected chi connectivity index (χ4v) is 2.71. The van der Waals surface area contributed by atoms with Crippen LogP contribution in [-0.4, -0.2) is 24.7 Å². The van der Waals surface area contributed by atoms with Crippen molar-refractivity contribution in [2.45, 2.75) is 19.9 Å². The van der Waals surface area contributed by atoms with E-state index in [0.29, 0.717) is 6.61 Å². The molecule has 0 amide bonds. The summed E-state index contributed by atoms with van der Waals surface area (Å²) in [4.78, 5) is 4.59. The lowest BCUT2D eigenvalue weighted by molar-refractivity contribution is 0.190. The minimum Gasteiger partial charge on any atom is -0.383 e. The lowest BCUT2D eigenvalue weighted by atomic mass is 10.2. The van der Waals surface area contributed by atoms with Crippen LogP contribution >= 0.6 is 11.3 Å². The Balaban J connectivity index is 2.23. The number of ether oxygens (including phenoxy) is 1. The normalized spacial score (nSPS) is 12.9. The number of hydrogen-bond donors (Lipinski definition) is 1. The standard InChI is InChI=1S/C12H16N2OS/c1-8-5-4-6-10-11(8)14-12(16-10)13-9(2)7-15-3/h4-6,9H,7H2,1-3H3,(H,13,14). The number of hydrogen-bond acceptors (Lipinski definition) is 4. The molecule has 1 aromatic carbocycles. The van der Waals surface area contributed by atoms with Crippen molar-refractivity contribution in [1.29, 1.82) is 0 Å². The van der Waals surface area contributed by atoms with Crippen LogP contribution in [0, 0.1) is 6.92 Å². The molecule has 1 aromatic heterocycles. The van der Waals surface area contributed by atoms with Crippen LogP contribution in [0.2, 0.25) is 0 Å². The zero-order valence-corrected chi connectivity index (χ0v) is 10.6. The summed E-state index contributed by atoms with van der Waals surface area (Å²) in [5.41, 5.74) is 2.32. The third-order valence-electron chi connectivity index (χ3n) is 2.41. The molecule has 1 atom stereocenters. The molecule has 1 N–H and O–H groups in total. The first-order chi connectivity index (χ1) is 7.70. The second-order valence-corrected chi connectivity index (χ2v) is 4.97. The van der Waals surface area contributed by atoms with E-state index in [-0.39, 0.29) is 6.04 Å². The average Bonchev–Trinajstić information content (AvgIpc) is 2.62. The largest absolute Gasteiger partial charge is 0.383 e. The number of aromatic nitrogens is 1. The summed E-state index contributed by atoms with van der Waals surface area (Å²) in [7, 11) is 1.71. The second-order valence-electron chi connectivity index (χ2n) is 3.94. The molecule has 0 aliphatic rings. The smallest absolute Gasteiger partial charge is 0.184 e. The lowest BCUT2D eigenvalue weighted by Gasteiger charge is -2.10. The Bertz CT molecular complexity index is 481. The van der Waals surface area contributed by atoms with Crippen molar-refractivity contribution in [3.8, 4) is 0 Å². The number of thiazole rings is 1. The SMILES string of the molecule is COCC(C)Nc1nc2c(C)cccc2s1. The van der Waals surface area contributed by atoms with Crippen LogP contribution in [0.5, 0.6) is 0 Å². The first kappa shape index (κ1) is 11.4. The number of methoxy groups -OCH3 is 1. The molecule has 2 aromatic rings. The van der Waals surface area contributed by atoms with Crippen molar-refractivity contribution in [2.24, 2.45) is 0 Å². The monoisotopic (exact) mass is 236 g/mol. The number of anilines is 1. The van der Waals surface area contributed by atoms with Crippen LogP contribution in [0.25, 0.3) is 10.2 Å². The molecule has 0 radical (unpaired) electrons. The van der Waals surface area contributed by atoms with Gasteiger partial charge >= 0.3 is 0 Å². The van der Waals surface area contributed by atoms with Crippen LogP contribution < -0.4 is 5.32 Å². The third kappa shape index (κ3) is 2.33. The number of aryl methyl sites for hydroxylation is 1. The maximum absolute atomic E-state index is 5.09. The number of nitrogens with zero attached hydrogens (tertiary/aromatic N) is 1. The highest BCUT2D eigenvalue weighted by Crippen LogP contribution is 2.28. The van der Waals surface area contributed by atoms with Gasteiger partial charge in [-0.3, -0.25) is 0 Å². The molecule has 1 unspecified atom stereocenters. The van der Waals surface area contributed by atoms with E-state index in [0.717, 1.165) is 10.6 Å². The van der Waals surface area contributed by atoms with Gasteiger partial charge in [0.1, 0.15) is 0 Å². The van der Waals surface area contributed by atoms with Crippen LogP contribution in [-0.2, 0) is 4.74 Å². The van der Waals surface area contributed by atoms with Crippen LogP contribution in [0.1, 0.15) is 12.5 Å². The van der Waals surface area contributed by atoms with Crippen LogP contribution in [0.4, 0.5) is 5.13 Å². The van der Waals surface area contributed by atoms with E-state index in [2.05, 4.69) is 42.3 Å². The summed E-state index contributed by atoms with van der Waals surface area (Å²) in [6.07, 6.45) is 0. The molecule has 3 nitrogen and oxygen atoms in total. The minimum atomic E-state index is 0.283. The van der Waals surface area contributed by atoms with Crippen molar-refractivity contribution < 1.29 is 4.74 Å². The van der Waals surface area contributed by atoms with Crippen molar-refractivity contribution in [3.63, 3.8) is 0 Å². The summed E-state index contributed by atoms with van der Waals surface area (Å²) >= 11 is 1.69. The molecule has 0 bridgehead atoms. The molecular weight excluding hydrogens is 220 g/mol. The Morgan fingerprint density at radius 2 is 2.31 bits per heavy atom. The molecule has 0 spiro atoms. The molecule has 0 saturated carbocycles. The summed E-state index contributed by atoms with van der Waals surface area (Å²) < 4.78 is 6.32. The predicted octanol–water partition coefficient (Wildman–Crippen LogP) is 3.05. The topological polar surface area (TPSA) is 34.1 Å². The number of nitrogens with one attached hydrogen (secondary N) is 1.